The minimum Gasteiger partial charge on any atom is -0.360 e. The molecule has 1 N–H and O–H groups in total. The summed E-state index contributed by atoms with van der Waals surface area (Å²) in [5.41, 5.74) is 1.08. The summed E-state index contributed by atoms with van der Waals surface area (Å²) in [5.74, 6) is 0. The molecule has 2 aromatic heterocycles. The van der Waals surface area contributed by atoms with Crippen LogP contribution in [-0.2, 0) is 0 Å². The normalized spacial score (nSPS) is 9.87. The van der Waals surface area contributed by atoms with Crippen molar-refractivity contribution in [3.05, 3.63) is 11.9 Å². The lowest BCUT2D eigenvalue weighted by molar-refractivity contribution is 0.910. The van der Waals surface area contributed by atoms with Gasteiger partial charge in [0.05, 0.1) is 11.9 Å². The van der Waals surface area contributed by atoms with Crippen molar-refractivity contribution >= 4 is 21.4 Å². The van der Waals surface area contributed by atoms with Crippen LogP contribution in [0.25, 0.3) is 4.96 Å². The minimum atomic E-state index is 0.952. The van der Waals surface area contributed by atoms with Gasteiger partial charge in [-0.25, -0.2) is 9.50 Å². The Morgan fingerprint density at radius 2 is 2.20 bits per heavy atom. The van der Waals surface area contributed by atoms with Gasteiger partial charge in [-0.1, -0.05) is 32.1 Å². The van der Waals surface area contributed by atoms with Crippen LogP contribution in [-0.4, -0.2) is 21.1 Å². The Hall–Kier alpha value is -1.10. The van der Waals surface area contributed by atoms with Crippen LogP contribution in [0.2, 0.25) is 0 Å². The number of imidazole rings is 1. The molecule has 0 unspecified atom stereocenters. The minimum absolute atomic E-state index is 0.952. The van der Waals surface area contributed by atoms with Crippen molar-refractivity contribution < 1.29 is 0 Å². The van der Waals surface area contributed by atoms with E-state index in [2.05, 4.69) is 22.3 Å². The fourth-order valence-electron chi connectivity index (χ4n) is 1.10. The zero-order chi connectivity index (χ0) is 11.3. The molecule has 0 spiro atoms. The Bertz CT molecular complexity index is 404. The molecule has 0 bridgehead atoms. The summed E-state index contributed by atoms with van der Waals surface area (Å²) < 4.78 is 1.86. The molecule has 4 nitrogen and oxygen atoms in total. The van der Waals surface area contributed by atoms with Crippen molar-refractivity contribution in [2.24, 2.45) is 0 Å². The lowest BCUT2D eigenvalue weighted by Gasteiger charge is -1.95. The highest BCUT2D eigenvalue weighted by atomic mass is 32.1. The highest BCUT2D eigenvalue weighted by Crippen LogP contribution is 2.18. The standard InChI is InChI=1S/C8H12N4S.C2H6/c1-3-4-9-7-11-12-6(2)5-10-8(12)13-7;1-2/h5H,3-4H2,1-2H3,(H,9,11);1-2H3. The third-order valence-electron chi connectivity index (χ3n) is 1.78. The second kappa shape index (κ2) is 5.70. The van der Waals surface area contributed by atoms with E-state index in [-0.39, 0.29) is 0 Å². The van der Waals surface area contributed by atoms with Gasteiger partial charge in [0.25, 0.3) is 0 Å². The van der Waals surface area contributed by atoms with Gasteiger partial charge in [-0.05, 0) is 13.3 Å². The third-order valence-corrected chi connectivity index (χ3v) is 2.66. The average molecular weight is 226 g/mol. The number of hydrogen-bond acceptors (Lipinski definition) is 4. The highest BCUT2D eigenvalue weighted by Gasteiger charge is 2.05. The summed E-state index contributed by atoms with van der Waals surface area (Å²) in [5, 5.41) is 8.57. The molecule has 5 heteroatoms. The van der Waals surface area contributed by atoms with Crippen molar-refractivity contribution in [1.82, 2.24) is 14.6 Å². The SMILES string of the molecule is CC.CCCNc1nn2c(C)cnc2s1. The lowest BCUT2D eigenvalue weighted by atomic mass is 10.5. The van der Waals surface area contributed by atoms with E-state index >= 15 is 0 Å². The molecule has 2 heterocycles. The molecule has 0 saturated carbocycles. The topological polar surface area (TPSA) is 42.2 Å². The smallest absolute Gasteiger partial charge is 0.214 e. The molecule has 2 rings (SSSR count). The number of nitrogens with one attached hydrogen (secondary N) is 1. The van der Waals surface area contributed by atoms with Gasteiger partial charge in [0, 0.05) is 6.54 Å². The number of aryl methyl sites for hydroxylation is 1. The number of aromatic nitrogens is 3. The molecule has 0 aliphatic rings. The van der Waals surface area contributed by atoms with E-state index in [4.69, 9.17) is 0 Å². The summed E-state index contributed by atoms with van der Waals surface area (Å²) in [6.07, 6.45) is 2.95. The van der Waals surface area contributed by atoms with Crippen LogP contribution < -0.4 is 5.32 Å². The van der Waals surface area contributed by atoms with Crippen molar-refractivity contribution in [3.8, 4) is 0 Å². The average Bonchev–Trinajstić information content (AvgIpc) is 2.81. The molecule has 84 valence electrons. The van der Waals surface area contributed by atoms with E-state index in [1.165, 1.54) is 0 Å². The number of rotatable bonds is 3. The van der Waals surface area contributed by atoms with Crippen LogP contribution in [0.4, 0.5) is 5.13 Å². The van der Waals surface area contributed by atoms with Crippen LogP contribution >= 0.6 is 11.3 Å². The van der Waals surface area contributed by atoms with Crippen LogP contribution in [0.3, 0.4) is 0 Å². The van der Waals surface area contributed by atoms with E-state index in [0.717, 1.165) is 28.8 Å². The fraction of sp³-hybridized carbons (Fsp3) is 0.600. The largest absolute Gasteiger partial charge is 0.360 e. The summed E-state index contributed by atoms with van der Waals surface area (Å²) in [6.45, 7) is 9.11. The summed E-state index contributed by atoms with van der Waals surface area (Å²) in [7, 11) is 0. The third kappa shape index (κ3) is 2.68. The van der Waals surface area contributed by atoms with Crippen LogP contribution in [0.1, 0.15) is 32.9 Å². The predicted molar refractivity (Wildman–Crippen MR) is 65.7 cm³/mol. The van der Waals surface area contributed by atoms with Gasteiger partial charge in [-0.15, -0.1) is 5.10 Å². The highest BCUT2D eigenvalue weighted by molar-refractivity contribution is 7.20. The van der Waals surface area contributed by atoms with E-state index < -0.39 is 0 Å². The molecule has 0 aliphatic carbocycles. The van der Waals surface area contributed by atoms with Gasteiger partial charge in [-0.2, -0.15) is 0 Å². The zero-order valence-electron chi connectivity index (χ0n) is 9.74. The van der Waals surface area contributed by atoms with Crippen molar-refractivity contribution in [1.29, 1.82) is 0 Å². The van der Waals surface area contributed by atoms with Gasteiger partial charge >= 0.3 is 0 Å². The lowest BCUT2D eigenvalue weighted by Crippen LogP contribution is -1.99. The number of hydrogen-bond donors (Lipinski definition) is 1. The van der Waals surface area contributed by atoms with Gasteiger partial charge in [0.1, 0.15) is 0 Å². The Balaban J connectivity index is 0.000000531. The van der Waals surface area contributed by atoms with Crippen LogP contribution in [0, 0.1) is 6.92 Å². The van der Waals surface area contributed by atoms with Gasteiger partial charge < -0.3 is 5.32 Å². The Kier molecular flexibility index (Phi) is 4.55. The van der Waals surface area contributed by atoms with E-state index in [0.29, 0.717) is 0 Å². The molecule has 2 aromatic rings. The first kappa shape index (κ1) is 12.0. The molecule has 0 fully saturated rings. The van der Waals surface area contributed by atoms with Gasteiger partial charge in [0.2, 0.25) is 10.1 Å². The second-order valence-electron chi connectivity index (χ2n) is 2.93. The first-order valence-corrected chi connectivity index (χ1v) is 6.18. The quantitative estimate of drug-likeness (QED) is 0.875. The maximum Gasteiger partial charge on any atom is 0.214 e. The molecule has 0 atom stereocenters. The second-order valence-corrected chi connectivity index (χ2v) is 3.88. The molecule has 15 heavy (non-hydrogen) atoms. The van der Waals surface area contributed by atoms with Crippen molar-refractivity contribution in [3.63, 3.8) is 0 Å². The Morgan fingerprint density at radius 1 is 1.47 bits per heavy atom. The predicted octanol–water partition coefficient (Wildman–Crippen LogP) is 2.95. The molecule has 0 aliphatic heterocycles. The van der Waals surface area contributed by atoms with E-state index in [1.807, 2.05) is 31.5 Å². The van der Waals surface area contributed by atoms with Gasteiger partial charge in [0.15, 0.2) is 0 Å². The Morgan fingerprint density at radius 3 is 2.80 bits per heavy atom. The Labute approximate surface area is 94.3 Å². The monoisotopic (exact) mass is 226 g/mol. The first-order valence-electron chi connectivity index (χ1n) is 5.36. The number of anilines is 1. The molecular weight excluding hydrogens is 208 g/mol. The first-order chi connectivity index (χ1) is 7.31. The molecule has 0 radical (unpaired) electrons. The maximum atomic E-state index is 4.37. The fourth-order valence-corrected chi connectivity index (χ4v) is 1.95. The summed E-state index contributed by atoms with van der Waals surface area (Å²) in [6, 6.07) is 0. The number of fused-ring (bicyclic) bond motifs is 1. The van der Waals surface area contributed by atoms with Gasteiger partial charge in [-0.3, -0.25) is 0 Å². The van der Waals surface area contributed by atoms with Crippen molar-refractivity contribution in [2.75, 3.05) is 11.9 Å². The maximum absolute atomic E-state index is 4.37. The van der Waals surface area contributed by atoms with Crippen LogP contribution in [0.15, 0.2) is 6.20 Å². The molecular formula is C10H18N4S. The van der Waals surface area contributed by atoms with E-state index in [9.17, 15) is 0 Å². The van der Waals surface area contributed by atoms with Crippen LogP contribution in [0.5, 0.6) is 0 Å². The van der Waals surface area contributed by atoms with Crippen molar-refractivity contribution in [2.45, 2.75) is 34.1 Å². The number of nitrogens with zero attached hydrogens (tertiary/aromatic N) is 3. The molecule has 0 aromatic carbocycles. The summed E-state index contributed by atoms with van der Waals surface area (Å²) in [4.78, 5) is 5.18. The van der Waals surface area contributed by atoms with E-state index in [1.54, 1.807) is 11.3 Å². The molecule has 0 amide bonds. The summed E-state index contributed by atoms with van der Waals surface area (Å²) >= 11 is 1.59. The molecule has 0 saturated heterocycles. The zero-order valence-corrected chi connectivity index (χ0v) is 10.6.